The average molecular weight is 486 g/mol. The minimum Gasteiger partial charge on any atom is -0.497 e. The van der Waals surface area contributed by atoms with Crippen LogP contribution in [0.2, 0.25) is 0 Å². The van der Waals surface area contributed by atoms with Crippen molar-refractivity contribution in [3.8, 4) is 17.2 Å². The van der Waals surface area contributed by atoms with E-state index >= 15 is 0 Å². The zero-order valence-electron chi connectivity index (χ0n) is 19.3. The Kier molecular flexibility index (Phi) is 6.54. The quantitative estimate of drug-likeness (QED) is 0.210. The Morgan fingerprint density at radius 2 is 1.71 bits per heavy atom. The van der Waals surface area contributed by atoms with E-state index in [4.69, 9.17) is 13.9 Å². The minimum absolute atomic E-state index is 0.242. The summed E-state index contributed by atoms with van der Waals surface area (Å²) in [6.07, 6.45) is 0. The highest BCUT2D eigenvalue weighted by atomic mass is 32.2. The van der Waals surface area contributed by atoms with Crippen LogP contribution in [0.4, 0.5) is 0 Å². The first-order valence-electron chi connectivity index (χ1n) is 11.0. The molecule has 35 heavy (non-hydrogen) atoms. The molecule has 7 nitrogen and oxygen atoms in total. The van der Waals surface area contributed by atoms with E-state index in [-0.39, 0.29) is 12.2 Å². The largest absolute Gasteiger partial charge is 0.497 e. The van der Waals surface area contributed by atoms with Gasteiger partial charge in [0.1, 0.15) is 23.7 Å². The predicted molar refractivity (Wildman–Crippen MR) is 135 cm³/mol. The molecule has 0 saturated carbocycles. The summed E-state index contributed by atoms with van der Waals surface area (Å²) >= 11 is 1.51. The van der Waals surface area contributed by atoms with Crippen molar-refractivity contribution in [3.05, 3.63) is 106 Å². The number of nitrogens with zero attached hydrogens (tertiary/aromatic N) is 3. The van der Waals surface area contributed by atoms with E-state index in [0.717, 1.165) is 28.0 Å². The van der Waals surface area contributed by atoms with Gasteiger partial charge in [0.25, 0.3) is 0 Å². The topological polar surface area (TPSA) is 79.4 Å². The van der Waals surface area contributed by atoms with Crippen molar-refractivity contribution in [2.45, 2.75) is 24.4 Å². The van der Waals surface area contributed by atoms with Crippen LogP contribution in [0, 0.1) is 6.92 Å². The normalized spacial score (nSPS) is 11.0. The van der Waals surface area contributed by atoms with Crippen LogP contribution in [-0.2, 0) is 12.4 Å². The third kappa shape index (κ3) is 5.07. The summed E-state index contributed by atoms with van der Waals surface area (Å²) in [4.78, 5) is 12.1. The van der Waals surface area contributed by atoms with E-state index in [0.29, 0.717) is 28.1 Å². The van der Waals surface area contributed by atoms with Gasteiger partial charge in [-0.25, -0.2) is 4.79 Å². The SMILES string of the molecule is COc1ccc(OCc2nnc(SCc3cc(=O)oc4cc(C)ccc34)n2-c2ccccc2)cc1. The number of methoxy groups -OCH3 is 1. The van der Waals surface area contributed by atoms with Crippen LogP contribution in [0.5, 0.6) is 11.5 Å². The number of thioether (sulfide) groups is 1. The van der Waals surface area contributed by atoms with Crippen LogP contribution in [0.3, 0.4) is 0 Å². The summed E-state index contributed by atoms with van der Waals surface area (Å²) in [6, 6.07) is 24.7. The second-order valence-corrected chi connectivity index (χ2v) is 8.86. The molecule has 176 valence electrons. The van der Waals surface area contributed by atoms with Crippen LogP contribution in [0.15, 0.2) is 93.2 Å². The van der Waals surface area contributed by atoms with Crippen molar-refractivity contribution >= 4 is 22.7 Å². The van der Waals surface area contributed by atoms with Gasteiger partial charge in [-0.2, -0.15) is 0 Å². The number of aromatic nitrogens is 3. The maximum absolute atomic E-state index is 12.1. The number of para-hydroxylation sites is 1. The molecular formula is C27H23N3O4S. The Hall–Kier alpha value is -4.04. The first kappa shape index (κ1) is 22.7. The number of hydrogen-bond acceptors (Lipinski definition) is 7. The highest BCUT2D eigenvalue weighted by Gasteiger charge is 2.16. The molecular weight excluding hydrogens is 462 g/mol. The Bertz CT molecular complexity index is 1510. The summed E-state index contributed by atoms with van der Waals surface area (Å²) in [7, 11) is 1.63. The number of aryl methyl sites for hydroxylation is 1. The number of rotatable bonds is 8. The molecule has 0 aliphatic rings. The molecule has 0 bridgehead atoms. The zero-order chi connectivity index (χ0) is 24.2. The summed E-state index contributed by atoms with van der Waals surface area (Å²) in [5.74, 6) is 2.68. The fourth-order valence-electron chi connectivity index (χ4n) is 3.74. The maximum atomic E-state index is 12.1. The molecule has 0 N–H and O–H groups in total. The molecule has 0 radical (unpaired) electrons. The van der Waals surface area contributed by atoms with Gasteiger partial charge in [-0.1, -0.05) is 42.1 Å². The first-order chi connectivity index (χ1) is 17.1. The molecule has 8 heteroatoms. The molecule has 5 rings (SSSR count). The van der Waals surface area contributed by atoms with E-state index in [9.17, 15) is 4.79 Å². The van der Waals surface area contributed by atoms with Gasteiger partial charge in [0.15, 0.2) is 11.0 Å². The molecule has 5 aromatic rings. The molecule has 2 heterocycles. The lowest BCUT2D eigenvalue weighted by Gasteiger charge is -2.12. The van der Waals surface area contributed by atoms with E-state index < -0.39 is 0 Å². The Morgan fingerprint density at radius 3 is 2.49 bits per heavy atom. The summed E-state index contributed by atoms with van der Waals surface area (Å²) in [6.45, 7) is 2.21. The lowest BCUT2D eigenvalue weighted by Crippen LogP contribution is -2.07. The molecule has 0 atom stereocenters. The third-order valence-electron chi connectivity index (χ3n) is 5.48. The molecule has 0 aliphatic heterocycles. The van der Waals surface area contributed by atoms with Crippen LogP contribution in [0.1, 0.15) is 17.0 Å². The lowest BCUT2D eigenvalue weighted by atomic mass is 10.1. The van der Waals surface area contributed by atoms with Gasteiger partial charge in [0, 0.05) is 22.9 Å². The highest BCUT2D eigenvalue weighted by molar-refractivity contribution is 7.98. The van der Waals surface area contributed by atoms with Gasteiger partial charge < -0.3 is 13.9 Å². The third-order valence-corrected chi connectivity index (χ3v) is 6.46. The van der Waals surface area contributed by atoms with E-state index in [1.54, 1.807) is 13.2 Å². The van der Waals surface area contributed by atoms with E-state index in [1.165, 1.54) is 11.8 Å². The first-order valence-corrected chi connectivity index (χ1v) is 12.0. The number of ether oxygens (including phenoxy) is 2. The fourth-order valence-corrected chi connectivity index (χ4v) is 4.70. The van der Waals surface area contributed by atoms with Gasteiger partial charge in [0.05, 0.1) is 7.11 Å². The Morgan fingerprint density at radius 1 is 0.943 bits per heavy atom. The monoisotopic (exact) mass is 485 g/mol. The number of benzene rings is 3. The van der Waals surface area contributed by atoms with Crippen molar-refractivity contribution in [1.82, 2.24) is 14.8 Å². The Balaban J connectivity index is 1.43. The predicted octanol–water partition coefficient (Wildman–Crippen LogP) is 5.56. The lowest BCUT2D eigenvalue weighted by molar-refractivity contribution is 0.292. The molecule has 0 spiro atoms. The standard InChI is InChI=1S/C27H23N3O4S/c1-18-8-13-23-19(15-26(31)34-24(23)14-18)17-35-27-29-28-25(30(27)20-6-4-3-5-7-20)16-33-22-11-9-21(32-2)10-12-22/h3-15H,16-17H2,1-2H3. The molecule has 2 aromatic heterocycles. The molecule has 0 aliphatic carbocycles. The molecule has 0 saturated heterocycles. The van der Waals surface area contributed by atoms with E-state index in [2.05, 4.69) is 10.2 Å². The van der Waals surface area contributed by atoms with Gasteiger partial charge in [-0.3, -0.25) is 4.57 Å². The van der Waals surface area contributed by atoms with Crippen LogP contribution in [0.25, 0.3) is 16.7 Å². The van der Waals surface area contributed by atoms with Crippen molar-refractivity contribution in [1.29, 1.82) is 0 Å². The molecule has 0 amide bonds. The zero-order valence-corrected chi connectivity index (χ0v) is 20.1. The van der Waals surface area contributed by atoms with Gasteiger partial charge in [0.2, 0.25) is 0 Å². The summed E-state index contributed by atoms with van der Waals surface area (Å²) < 4.78 is 18.6. The van der Waals surface area contributed by atoms with Crippen LogP contribution in [-0.4, -0.2) is 21.9 Å². The molecule has 0 fully saturated rings. The van der Waals surface area contributed by atoms with Crippen LogP contribution < -0.4 is 15.1 Å². The van der Waals surface area contributed by atoms with Crippen molar-refractivity contribution in [3.63, 3.8) is 0 Å². The van der Waals surface area contributed by atoms with Crippen molar-refractivity contribution in [2.24, 2.45) is 0 Å². The Labute approximate surface area is 206 Å². The fraction of sp³-hybridized carbons (Fsp3) is 0.148. The van der Waals surface area contributed by atoms with Gasteiger partial charge in [-0.05, 0) is 60.5 Å². The van der Waals surface area contributed by atoms with Crippen LogP contribution >= 0.6 is 11.8 Å². The minimum atomic E-state index is -0.364. The number of hydrogen-bond donors (Lipinski definition) is 0. The highest BCUT2D eigenvalue weighted by Crippen LogP contribution is 2.29. The second-order valence-electron chi connectivity index (χ2n) is 7.91. The smallest absolute Gasteiger partial charge is 0.336 e. The average Bonchev–Trinajstić information content (AvgIpc) is 3.29. The van der Waals surface area contributed by atoms with Crippen molar-refractivity contribution < 1.29 is 13.9 Å². The van der Waals surface area contributed by atoms with Gasteiger partial charge >= 0.3 is 5.63 Å². The van der Waals surface area contributed by atoms with E-state index in [1.807, 2.05) is 84.3 Å². The summed E-state index contributed by atoms with van der Waals surface area (Å²) in [5, 5.41) is 10.5. The maximum Gasteiger partial charge on any atom is 0.336 e. The second kappa shape index (κ2) is 10.1. The molecule has 0 unspecified atom stereocenters. The molecule has 3 aromatic carbocycles. The summed E-state index contributed by atoms with van der Waals surface area (Å²) in [5.41, 5.74) is 3.08. The van der Waals surface area contributed by atoms with Crippen molar-refractivity contribution in [2.75, 3.05) is 7.11 Å². The number of fused-ring (bicyclic) bond motifs is 1. The van der Waals surface area contributed by atoms with Gasteiger partial charge in [-0.15, -0.1) is 10.2 Å².